The van der Waals surface area contributed by atoms with Crippen LogP contribution in [0, 0.1) is 46.8 Å². The van der Waals surface area contributed by atoms with Gasteiger partial charge in [-0.1, -0.05) is 31.0 Å². The predicted octanol–water partition coefficient (Wildman–Crippen LogP) is 4.87. The monoisotopic (exact) mass is 504 g/mol. The van der Waals surface area contributed by atoms with Crippen molar-refractivity contribution in [3.8, 4) is 0 Å². The molecular weight excluding hydrogens is 464 g/mol. The van der Waals surface area contributed by atoms with E-state index in [9.17, 15) is 18.3 Å². The van der Waals surface area contributed by atoms with Gasteiger partial charge in [0.15, 0.2) is 0 Å². The third kappa shape index (κ3) is 3.71. The van der Waals surface area contributed by atoms with Crippen molar-refractivity contribution in [1.29, 1.82) is 0 Å². The molecule has 0 saturated heterocycles. The second-order valence-electron chi connectivity index (χ2n) is 12.3. The largest absolute Gasteiger partial charge is 0.469 e. The molecule has 6 rings (SSSR count). The van der Waals surface area contributed by atoms with E-state index in [1.165, 1.54) is 7.11 Å². The molecule has 6 nitrogen and oxygen atoms in total. The Morgan fingerprint density at radius 2 is 1.74 bits per heavy atom. The molecule has 1 aromatic carbocycles. The number of ether oxygens (including phenoxy) is 1. The molecule has 0 heterocycles. The van der Waals surface area contributed by atoms with E-state index < -0.39 is 21.6 Å². The number of hydrogen-bond acceptors (Lipinski definition) is 6. The SMILES string of the molecule is COC(=O)[C@]1(C)CCC[C@@]2(C)[C@@H]3C[C@@H]4CC[C@@]3(CC[C@@H]21)[C@@H](O)[C@@H]4COS(=O)(=O)c1ccc(C)cc1. The molecule has 1 spiro atoms. The Bertz CT molecular complexity index is 1080. The Kier molecular flexibility index (Phi) is 6.17. The van der Waals surface area contributed by atoms with Gasteiger partial charge in [-0.05, 0) is 94.1 Å². The highest BCUT2D eigenvalue weighted by atomic mass is 32.2. The summed E-state index contributed by atoms with van der Waals surface area (Å²) < 4.78 is 36.5. The highest BCUT2D eigenvalue weighted by Gasteiger charge is 2.68. The zero-order valence-electron chi connectivity index (χ0n) is 21.5. The Balaban J connectivity index is 1.38. The van der Waals surface area contributed by atoms with Gasteiger partial charge in [-0.15, -0.1) is 0 Å². The summed E-state index contributed by atoms with van der Waals surface area (Å²) in [4.78, 5) is 13.0. The number of esters is 1. The molecule has 1 aromatic rings. The van der Waals surface area contributed by atoms with E-state index in [1.807, 2.05) is 6.92 Å². The molecule has 8 atom stereocenters. The molecule has 5 saturated carbocycles. The molecule has 0 radical (unpaired) electrons. The number of benzene rings is 1. The number of fused-ring (bicyclic) bond motifs is 3. The quantitative estimate of drug-likeness (QED) is 0.454. The van der Waals surface area contributed by atoms with Crippen molar-refractivity contribution in [3.05, 3.63) is 29.8 Å². The van der Waals surface area contributed by atoms with Crippen LogP contribution >= 0.6 is 0 Å². The van der Waals surface area contributed by atoms with Crippen LogP contribution in [0.15, 0.2) is 29.2 Å². The molecule has 35 heavy (non-hydrogen) atoms. The lowest BCUT2D eigenvalue weighted by Gasteiger charge is -2.69. The van der Waals surface area contributed by atoms with Crippen LogP contribution in [-0.2, 0) is 23.8 Å². The van der Waals surface area contributed by atoms with E-state index in [1.54, 1.807) is 24.3 Å². The minimum atomic E-state index is -3.87. The van der Waals surface area contributed by atoms with Gasteiger partial charge in [0.2, 0.25) is 0 Å². The summed E-state index contributed by atoms with van der Waals surface area (Å²) in [6.07, 6.45) is 7.06. The molecule has 0 unspecified atom stereocenters. The van der Waals surface area contributed by atoms with Crippen LogP contribution in [0.4, 0.5) is 0 Å². The average Bonchev–Trinajstić information content (AvgIpc) is 2.83. The lowest BCUT2D eigenvalue weighted by Crippen LogP contribution is -2.67. The Labute approximate surface area is 209 Å². The van der Waals surface area contributed by atoms with Crippen LogP contribution in [0.2, 0.25) is 0 Å². The summed E-state index contributed by atoms with van der Waals surface area (Å²) in [6.45, 7) is 6.38. The highest BCUT2D eigenvalue weighted by molar-refractivity contribution is 7.86. The number of rotatable bonds is 5. The smallest absolute Gasteiger partial charge is 0.311 e. The lowest BCUT2D eigenvalue weighted by molar-refractivity contribution is -0.247. The maximum Gasteiger partial charge on any atom is 0.311 e. The first-order valence-corrected chi connectivity index (χ1v) is 14.6. The number of hydrogen-bond donors (Lipinski definition) is 1. The number of methoxy groups -OCH3 is 1. The summed E-state index contributed by atoms with van der Waals surface area (Å²) in [5, 5.41) is 11.8. The lowest BCUT2D eigenvalue weighted by atomic mass is 9.35. The first-order chi connectivity index (χ1) is 16.5. The Morgan fingerprint density at radius 1 is 1.06 bits per heavy atom. The highest BCUT2D eigenvalue weighted by Crippen LogP contribution is 2.72. The summed E-state index contributed by atoms with van der Waals surface area (Å²) in [6, 6.07) is 6.68. The second-order valence-corrected chi connectivity index (χ2v) is 14.0. The first kappa shape index (κ1) is 25.2. The molecule has 7 heteroatoms. The number of aliphatic hydroxyl groups excluding tert-OH is 1. The average molecular weight is 505 g/mol. The van der Waals surface area contributed by atoms with Gasteiger partial charge in [0.05, 0.1) is 30.1 Å². The number of aliphatic hydroxyl groups is 1. The third-order valence-electron chi connectivity index (χ3n) is 10.9. The van der Waals surface area contributed by atoms with E-state index in [0.29, 0.717) is 5.92 Å². The zero-order chi connectivity index (χ0) is 25.2. The molecular formula is C28H40O6S. The van der Waals surface area contributed by atoms with Crippen molar-refractivity contribution in [1.82, 2.24) is 0 Å². The summed E-state index contributed by atoms with van der Waals surface area (Å²) in [5.41, 5.74) is 0.258. The predicted molar refractivity (Wildman–Crippen MR) is 132 cm³/mol. The molecule has 0 amide bonds. The number of carbonyl (C=O) groups excluding carboxylic acids is 1. The third-order valence-corrected chi connectivity index (χ3v) is 12.2. The van der Waals surface area contributed by atoms with Crippen molar-refractivity contribution in [2.24, 2.45) is 39.9 Å². The van der Waals surface area contributed by atoms with Crippen molar-refractivity contribution in [2.45, 2.75) is 83.1 Å². The topological polar surface area (TPSA) is 89.9 Å². The first-order valence-electron chi connectivity index (χ1n) is 13.2. The van der Waals surface area contributed by atoms with Gasteiger partial charge in [0.1, 0.15) is 0 Å². The molecule has 5 fully saturated rings. The maximum atomic E-state index is 12.9. The minimum absolute atomic E-state index is 0.0243. The number of carbonyl (C=O) groups is 1. The van der Waals surface area contributed by atoms with Crippen LogP contribution < -0.4 is 0 Å². The fraction of sp³-hybridized carbons (Fsp3) is 0.750. The fourth-order valence-electron chi connectivity index (χ4n) is 9.12. The molecule has 0 aromatic heterocycles. The van der Waals surface area contributed by atoms with Crippen LogP contribution in [-0.4, -0.2) is 39.3 Å². The van der Waals surface area contributed by atoms with Gasteiger partial charge in [-0.2, -0.15) is 8.42 Å². The van der Waals surface area contributed by atoms with E-state index in [0.717, 1.165) is 56.9 Å². The second kappa shape index (κ2) is 8.56. The number of aryl methyl sites for hydroxylation is 1. The van der Waals surface area contributed by atoms with Crippen LogP contribution in [0.5, 0.6) is 0 Å². The van der Waals surface area contributed by atoms with Gasteiger partial charge in [0, 0.05) is 11.3 Å². The van der Waals surface area contributed by atoms with Crippen molar-refractivity contribution in [3.63, 3.8) is 0 Å². The fourth-order valence-corrected chi connectivity index (χ4v) is 10.1. The van der Waals surface area contributed by atoms with Crippen LogP contribution in [0.3, 0.4) is 0 Å². The van der Waals surface area contributed by atoms with Crippen LogP contribution in [0.1, 0.15) is 70.8 Å². The van der Waals surface area contributed by atoms with Crippen LogP contribution in [0.25, 0.3) is 0 Å². The van der Waals surface area contributed by atoms with Gasteiger partial charge in [0.25, 0.3) is 10.1 Å². The van der Waals surface area contributed by atoms with Gasteiger partial charge >= 0.3 is 5.97 Å². The summed E-state index contributed by atoms with van der Waals surface area (Å²) in [5.74, 6) is 0.521. The molecule has 5 aliphatic carbocycles. The molecule has 5 aliphatic rings. The van der Waals surface area contributed by atoms with Gasteiger partial charge in [-0.25, -0.2) is 0 Å². The zero-order valence-corrected chi connectivity index (χ0v) is 22.3. The normalized spacial score (nSPS) is 42.7. The standard InChI is InChI=1S/C28H40O6S/c1-18-6-8-20(9-7-18)35(31,32)34-17-21-19-10-14-28(24(21)29)15-11-22-26(2,23(28)16-19)12-5-13-27(22,3)25(30)33-4/h6-9,19,21-24,29H,5,10-17H2,1-4H3/t19-,21+,22-,23-,24-,26+,27+,28-/m0/s1. The van der Waals surface area contributed by atoms with E-state index in [4.69, 9.17) is 8.92 Å². The van der Waals surface area contributed by atoms with Crippen molar-refractivity contribution in [2.75, 3.05) is 13.7 Å². The Hall–Kier alpha value is -1.44. The van der Waals surface area contributed by atoms with Crippen molar-refractivity contribution < 1.29 is 27.2 Å². The molecule has 194 valence electrons. The molecule has 0 aliphatic heterocycles. The van der Waals surface area contributed by atoms with Crippen molar-refractivity contribution >= 4 is 16.1 Å². The molecule has 2 bridgehead atoms. The van der Waals surface area contributed by atoms with E-state index in [-0.39, 0.29) is 46.1 Å². The van der Waals surface area contributed by atoms with E-state index >= 15 is 0 Å². The maximum absolute atomic E-state index is 12.9. The van der Waals surface area contributed by atoms with Gasteiger partial charge in [-0.3, -0.25) is 8.98 Å². The van der Waals surface area contributed by atoms with E-state index in [2.05, 4.69) is 13.8 Å². The molecule has 1 N–H and O–H groups in total. The van der Waals surface area contributed by atoms with Gasteiger partial charge < -0.3 is 9.84 Å². The summed E-state index contributed by atoms with van der Waals surface area (Å²) >= 11 is 0. The minimum Gasteiger partial charge on any atom is -0.469 e. The summed E-state index contributed by atoms with van der Waals surface area (Å²) in [7, 11) is -2.38. The Morgan fingerprint density at radius 3 is 2.43 bits per heavy atom.